The van der Waals surface area contributed by atoms with Gasteiger partial charge in [-0.05, 0) is 58.9 Å². The Morgan fingerprint density at radius 3 is 2.29 bits per heavy atom. The van der Waals surface area contributed by atoms with Crippen molar-refractivity contribution in [2.45, 2.75) is 58.7 Å². The maximum atomic E-state index is 6.05. The van der Waals surface area contributed by atoms with Crippen LogP contribution in [0.5, 0.6) is 0 Å². The predicted molar refractivity (Wildman–Crippen MR) is 60.2 cm³/mol. The lowest BCUT2D eigenvalue weighted by Crippen LogP contribution is -2.31. The smallest absolute Gasteiger partial charge is 0.0662 e. The van der Waals surface area contributed by atoms with Crippen molar-refractivity contribution in [2.75, 3.05) is 6.54 Å². The van der Waals surface area contributed by atoms with E-state index in [1.807, 2.05) is 0 Å². The van der Waals surface area contributed by atoms with Gasteiger partial charge >= 0.3 is 0 Å². The van der Waals surface area contributed by atoms with Crippen LogP contribution in [0.1, 0.15) is 47.5 Å². The van der Waals surface area contributed by atoms with E-state index in [1.165, 1.54) is 6.42 Å². The molecule has 0 bridgehead atoms. The van der Waals surface area contributed by atoms with Gasteiger partial charge in [0.2, 0.25) is 0 Å². The molecule has 0 aromatic heterocycles. The van der Waals surface area contributed by atoms with Crippen molar-refractivity contribution in [2.24, 2.45) is 17.6 Å². The number of hydrogen-bond donors (Lipinski definition) is 1. The summed E-state index contributed by atoms with van der Waals surface area (Å²) in [5.74, 6) is 1.26. The molecule has 0 aromatic carbocycles. The number of nitrogens with two attached hydrogens (primary N) is 1. The maximum absolute atomic E-state index is 6.05. The van der Waals surface area contributed by atoms with Crippen molar-refractivity contribution in [3.8, 4) is 0 Å². The van der Waals surface area contributed by atoms with E-state index in [0.29, 0.717) is 11.8 Å². The van der Waals surface area contributed by atoms with E-state index in [4.69, 9.17) is 10.5 Å². The molecule has 2 unspecified atom stereocenters. The van der Waals surface area contributed by atoms with Gasteiger partial charge in [-0.2, -0.15) is 0 Å². The zero-order valence-electron chi connectivity index (χ0n) is 10.3. The lowest BCUT2D eigenvalue weighted by atomic mass is 9.81. The van der Waals surface area contributed by atoms with Crippen molar-refractivity contribution >= 4 is 0 Å². The summed E-state index contributed by atoms with van der Waals surface area (Å²) < 4.78 is 6.05. The summed E-state index contributed by atoms with van der Waals surface area (Å²) >= 11 is 0. The van der Waals surface area contributed by atoms with E-state index < -0.39 is 0 Å². The summed E-state index contributed by atoms with van der Waals surface area (Å²) in [4.78, 5) is 0. The van der Waals surface area contributed by atoms with Gasteiger partial charge in [0, 0.05) is 0 Å². The highest BCUT2D eigenvalue weighted by Gasteiger charge is 2.45. The molecule has 14 heavy (non-hydrogen) atoms. The Hall–Kier alpha value is -0.0800. The van der Waals surface area contributed by atoms with Gasteiger partial charge in [-0.1, -0.05) is 6.92 Å². The molecule has 0 radical (unpaired) electrons. The van der Waals surface area contributed by atoms with Crippen LogP contribution in [0.4, 0.5) is 0 Å². The van der Waals surface area contributed by atoms with Crippen LogP contribution in [0.25, 0.3) is 0 Å². The van der Waals surface area contributed by atoms with E-state index >= 15 is 0 Å². The Balaban J connectivity index is 2.61. The number of ether oxygens (including phenoxy) is 1. The third kappa shape index (κ3) is 2.71. The van der Waals surface area contributed by atoms with Gasteiger partial charge in [0.15, 0.2) is 0 Å². The SMILES string of the molecule is CC(CN)CC1CC(C)(C)OC1(C)C. The lowest BCUT2D eigenvalue weighted by molar-refractivity contribution is -0.0761. The Bertz CT molecular complexity index is 198. The van der Waals surface area contributed by atoms with Gasteiger partial charge in [0.05, 0.1) is 11.2 Å². The molecular weight excluding hydrogens is 174 g/mol. The molecule has 2 N–H and O–H groups in total. The molecular formula is C12H25NO. The van der Waals surface area contributed by atoms with E-state index in [-0.39, 0.29) is 11.2 Å². The molecule has 1 aliphatic heterocycles. The molecule has 0 saturated carbocycles. The summed E-state index contributed by atoms with van der Waals surface area (Å²) in [5.41, 5.74) is 5.73. The van der Waals surface area contributed by atoms with Crippen molar-refractivity contribution in [3.05, 3.63) is 0 Å². The fourth-order valence-corrected chi connectivity index (χ4v) is 2.63. The minimum atomic E-state index is 0.0208. The van der Waals surface area contributed by atoms with Crippen molar-refractivity contribution in [1.82, 2.24) is 0 Å². The van der Waals surface area contributed by atoms with Crippen molar-refractivity contribution < 1.29 is 4.74 Å². The second-order valence-electron chi connectivity index (χ2n) is 5.94. The summed E-state index contributed by atoms with van der Waals surface area (Å²) in [6, 6.07) is 0. The summed E-state index contributed by atoms with van der Waals surface area (Å²) in [5, 5.41) is 0. The molecule has 0 aromatic rings. The molecule has 84 valence electrons. The first-order valence-electron chi connectivity index (χ1n) is 5.67. The fraction of sp³-hybridized carbons (Fsp3) is 1.00. The summed E-state index contributed by atoms with van der Waals surface area (Å²) in [6.07, 6.45) is 2.34. The highest BCUT2D eigenvalue weighted by molar-refractivity contribution is 4.94. The van der Waals surface area contributed by atoms with E-state index in [1.54, 1.807) is 0 Å². The standard InChI is InChI=1S/C12H25NO/c1-9(8-13)6-10-7-11(2,3)14-12(10,4)5/h9-10H,6-8,13H2,1-5H3. The van der Waals surface area contributed by atoms with Crippen LogP contribution in [-0.2, 0) is 4.74 Å². The second-order valence-corrected chi connectivity index (χ2v) is 5.94. The summed E-state index contributed by atoms with van der Waals surface area (Å²) in [6.45, 7) is 11.8. The van der Waals surface area contributed by atoms with Crippen molar-refractivity contribution in [1.29, 1.82) is 0 Å². The molecule has 2 nitrogen and oxygen atoms in total. The van der Waals surface area contributed by atoms with Gasteiger partial charge in [-0.3, -0.25) is 0 Å². The normalized spacial score (nSPS) is 31.7. The molecule has 2 heteroatoms. The molecule has 1 fully saturated rings. The maximum Gasteiger partial charge on any atom is 0.0662 e. The predicted octanol–water partition coefficient (Wildman–Crippen LogP) is 2.57. The first-order valence-corrected chi connectivity index (χ1v) is 5.67. The summed E-state index contributed by atoms with van der Waals surface area (Å²) in [7, 11) is 0. The third-order valence-corrected chi connectivity index (χ3v) is 3.35. The van der Waals surface area contributed by atoms with E-state index in [2.05, 4.69) is 34.6 Å². The second kappa shape index (κ2) is 3.82. The molecule has 0 spiro atoms. The fourth-order valence-electron chi connectivity index (χ4n) is 2.63. The average molecular weight is 199 g/mol. The van der Waals surface area contributed by atoms with Crippen LogP contribution in [0.3, 0.4) is 0 Å². The Morgan fingerprint density at radius 1 is 1.36 bits per heavy atom. The van der Waals surface area contributed by atoms with Crippen LogP contribution in [0, 0.1) is 11.8 Å². The van der Waals surface area contributed by atoms with Crippen molar-refractivity contribution in [3.63, 3.8) is 0 Å². The Kier molecular flexibility index (Phi) is 3.27. The average Bonchev–Trinajstić information content (AvgIpc) is 2.19. The molecule has 1 aliphatic rings. The van der Waals surface area contributed by atoms with Crippen LogP contribution in [0.2, 0.25) is 0 Å². The first-order chi connectivity index (χ1) is 6.27. The quantitative estimate of drug-likeness (QED) is 0.758. The van der Waals surface area contributed by atoms with Gasteiger partial charge < -0.3 is 10.5 Å². The number of hydrogen-bond acceptors (Lipinski definition) is 2. The minimum Gasteiger partial charge on any atom is -0.369 e. The Labute approximate surface area is 88.2 Å². The molecule has 1 rings (SSSR count). The van der Waals surface area contributed by atoms with Gasteiger partial charge in [-0.25, -0.2) is 0 Å². The highest BCUT2D eigenvalue weighted by Crippen LogP contribution is 2.44. The van der Waals surface area contributed by atoms with E-state index in [9.17, 15) is 0 Å². The van der Waals surface area contributed by atoms with E-state index in [0.717, 1.165) is 13.0 Å². The van der Waals surface area contributed by atoms with Crippen LogP contribution in [0.15, 0.2) is 0 Å². The molecule has 0 amide bonds. The number of rotatable bonds is 3. The molecule has 1 heterocycles. The van der Waals surface area contributed by atoms with Gasteiger partial charge in [-0.15, -0.1) is 0 Å². The topological polar surface area (TPSA) is 35.2 Å². The van der Waals surface area contributed by atoms with Crippen LogP contribution < -0.4 is 5.73 Å². The molecule has 0 aliphatic carbocycles. The molecule has 1 saturated heterocycles. The van der Waals surface area contributed by atoms with Gasteiger partial charge in [0.1, 0.15) is 0 Å². The monoisotopic (exact) mass is 199 g/mol. The highest BCUT2D eigenvalue weighted by atomic mass is 16.5. The largest absolute Gasteiger partial charge is 0.369 e. The third-order valence-electron chi connectivity index (χ3n) is 3.35. The Morgan fingerprint density at radius 2 is 1.93 bits per heavy atom. The molecule has 2 atom stereocenters. The van der Waals surface area contributed by atoms with Gasteiger partial charge in [0.25, 0.3) is 0 Å². The minimum absolute atomic E-state index is 0.0208. The van der Waals surface area contributed by atoms with Crippen LogP contribution in [-0.4, -0.2) is 17.7 Å². The zero-order valence-corrected chi connectivity index (χ0v) is 10.3. The zero-order chi connectivity index (χ0) is 11.0. The first kappa shape index (κ1) is 12.0. The lowest BCUT2D eigenvalue weighted by Gasteiger charge is -2.28. The van der Waals surface area contributed by atoms with Crippen LogP contribution >= 0.6 is 0 Å².